The van der Waals surface area contributed by atoms with E-state index in [4.69, 9.17) is 22.2 Å². The standard InChI is InChI=1S/C14H14N2O2S6.C2H3N.Hg/c1-2-16-9-11(17)23-24-14(9)22-12(19)10(16)13-20-7-8(21-13)15-3-5-18-6-4-15;1-2-3;/h7H,2-6H2,1H3;1H3;/q;;+2/b13-10-;;. The minimum atomic E-state index is 0. The van der Waals surface area contributed by atoms with E-state index in [9.17, 15) is 4.79 Å². The number of thioether (sulfide) groups is 3. The second kappa shape index (κ2) is 11.7. The fraction of sp³-hybridized carbons (Fsp3) is 0.438. The molecule has 1 aromatic heterocycles. The summed E-state index contributed by atoms with van der Waals surface area (Å²) in [6, 6.07) is 1.75. The van der Waals surface area contributed by atoms with Crippen molar-refractivity contribution in [2.75, 3.05) is 37.7 Å². The van der Waals surface area contributed by atoms with Crippen molar-refractivity contribution in [2.24, 2.45) is 0 Å². The minimum absolute atomic E-state index is 0. The quantitative estimate of drug-likeness (QED) is 0.192. The Morgan fingerprint density at radius 1 is 1.29 bits per heavy atom. The van der Waals surface area contributed by atoms with E-state index < -0.39 is 0 Å². The zero-order chi connectivity index (χ0) is 19.4. The molecule has 28 heavy (non-hydrogen) atoms. The largest absolute Gasteiger partial charge is 2.00 e. The molecule has 0 atom stereocenters. The van der Waals surface area contributed by atoms with Gasteiger partial charge in [-0.05, 0) is 17.3 Å². The Morgan fingerprint density at radius 2 is 1.96 bits per heavy atom. The summed E-state index contributed by atoms with van der Waals surface area (Å²) in [5, 5.41) is 10.8. The fourth-order valence-corrected chi connectivity index (χ4v) is 9.52. The van der Waals surface area contributed by atoms with Crippen molar-refractivity contribution in [3.8, 4) is 6.07 Å². The average Bonchev–Trinajstić information content (AvgIpc) is 3.29. The van der Waals surface area contributed by atoms with E-state index in [1.54, 1.807) is 41.4 Å². The molecule has 4 rings (SSSR count). The van der Waals surface area contributed by atoms with Crippen LogP contribution < -0.4 is 9.64 Å². The SMILES string of the molecule is CC#N.CCN1/C(=C2/SC=C(N3CCOCC3)S2)C(=S)Sc2ssc(=O)c21.[Hg+2]. The van der Waals surface area contributed by atoms with E-state index in [0.717, 1.165) is 52.6 Å². The van der Waals surface area contributed by atoms with Crippen molar-refractivity contribution < 1.29 is 32.4 Å². The summed E-state index contributed by atoms with van der Waals surface area (Å²) in [7, 11) is 2.84. The second-order valence-corrected chi connectivity index (χ2v) is 11.6. The number of hydrogen-bond donors (Lipinski definition) is 0. The molecule has 0 aromatic carbocycles. The summed E-state index contributed by atoms with van der Waals surface area (Å²) in [5.74, 6) is 0. The van der Waals surface area contributed by atoms with Gasteiger partial charge >= 0.3 is 27.7 Å². The summed E-state index contributed by atoms with van der Waals surface area (Å²) < 4.78 is 8.66. The van der Waals surface area contributed by atoms with Gasteiger partial charge in [-0.15, -0.1) is 0 Å². The maximum Gasteiger partial charge on any atom is 2.00 e. The molecule has 4 heterocycles. The van der Waals surface area contributed by atoms with Gasteiger partial charge < -0.3 is 14.5 Å². The summed E-state index contributed by atoms with van der Waals surface area (Å²) in [6.45, 7) is 7.68. The van der Waals surface area contributed by atoms with Crippen LogP contribution in [0.1, 0.15) is 13.8 Å². The molecule has 0 unspecified atom stereocenters. The second-order valence-electron chi connectivity index (χ2n) is 5.36. The monoisotopic (exact) mass is 677 g/mol. The van der Waals surface area contributed by atoms with Crippen LogP contribution in [0.3, 0.4) is 0 Å². The van der Waals surface area contributed by atoms with Gasteiger partial charge in [-0.25, -0.2) is 0 Å². The first kappa shape index (κ1) is 24.7. The van der Waals surface area contributed by atoms with Crippen molar-refractivity contribution in [3.05, 3.63) is 29.9 Å². The van der Waals surface area contributed by atoms with Gasteiger partial charge in [0.1, 0.15) is 14.1 Å². The molecule has 0 amide bonds. The average molecular weight is 676 g/mol. The first-order valence-electron chi connectivity index (χ1n) is 8.16. The van der Waals surface area contributed by atoms with Crippen LogP contribution in [0.4, 0.5) is 5.69 Å². The predicted molar refractivity (Wildman–Crippen MR) is 124 cm³/mol. The molecule has 0 bridgehead atoms. The number of rotatable bonds is 2. The zero-order valence-corrected chi connectivity index (χ0v) is 25.8. The van der Waals surface area contributed by atoms with Crippen molar-refractivity contribution in [3.63, 3.8) is 0 Å². The third-order valence-electron chi connectivity index (χ3n) is 3.79. The van der Waals surface area contributed by atoms with E-state index in [1.807, 2.05) is 0 Å². The van der Waals surface area contributed by atoms with Crippen LogP contribution in [0, 0.1) is 11.3 Å². The summed E-state index contributed by atoms with van der Waals surface area (Å²) >= 11 is 10.7. The smallest absolute Gasteiger partial charge is 0.378 e. The molecule has 3 aliphatic rings. The van der Waals surface area contributed by atoms with E-state index in [0.29, 0.717) is 0 Å². The number of hydrogen-bond acceptors (Lipinski definition) is 11. The zero-order valence-electron chi connectivity index (χ0n) is 15.4. The number of anilines is 1. The maximum absolute atomic E-state index is 12.3. The van der Waals surface area contributed by atoms with Gasteiger partial charge in [-0.2, -0.15) is 5.26 Å². The van der Waals surface area contributed by atoms with Gasteiger partial charge in [0, 0.05) is 32.0 Å². The number of fused-ring (bicyclic) bond motifs is 1. The molecule has 0 radical (unpaired) electrons. The summed E-state index contributed by atoms with van der Waals surface area (Å²) in [4.78, 5) is 16.7. The molecule has 144 valence electrons. The van der Waals surface area contributed by atoms with E-state index in [2.05, 4.69) is 22.1 Å². The molecule has 0 aliphatic carbocycles. The van der Waals surface area contributed by atoms with Crippen LogP contribution >= 0.6 is 68.2 Å². The molecular weight excluding hydrogens is 659 g/mol. The summed E-state index contributed by atoms with van der Waals surface area (Å²) in [6.07, 6.45) is 0. The number of morpholine rings is 1. The Morgan fingerprint density at radius 3 is 2.61 bits per heavy atom. The van der Waals surface area contributed by atoms with Crippen molar-refractivity contribution in [1.29, 1.82) is 5.26 Å². The van der Waals surface area contributed by atoms with Gasteiger partial charge in [0.15, 0.2) is 0 Å². The number of nitrogens with zero attached hydrogens (tertiary/aromatic N) is 3. The van der Waals surface area contributed by atoms with Crippen molar-refractivity contribution in [2.45, 2.75) is 18.1 Å². The number of thiocarbonyl (C=S) groups is 1. The molecule has 12 heteroatoms. The third-order valence-corrected chi connectivity index (χ3v) is 10.2. The molecule has 0 N–H and O–H groups in total. The van der Waals surface area contributed by atoms with Crippen LogP contribution in [0.2, 0.25) is 0 Å². The Hall–Kier alpha value is 0.455. The Bertz CT molecular complexity index is 882. The normalized spacial score (nSPS) is 21.2. The van der Waals surface area contributed by atoms with Gasteiger partial charge in [-0.3, -0.25) is 4.79 Å². The molecule has 0 spiro atoms. The molecule has 1 saturated heterocycles. The third kappa shape index (κ3) is 5.38. The Kier molecular flexibility index (Phi) is 10.4. The Balaban J connectivity index is 0.000000660. The fourth-order valence-electron chi connectivity index (χ4n) is 2.66. The first-order chi connectivity index (χ1) is 13.1. The molecular formula is C16H17HgN3O2S6+2. The van der Waals surface area contributed by atoms with E-state index >= 15 is 0 Å². The van der Waals surface area contributed by atoms with E-state index in [-0.39, 0.29) is 32.4 Å². The van der Waals surface area contributed by atoms with Crippen molar-refractivity contribution >= 4 is 78.1 Å². The predicted octanol–water partition coefficient (Wildman–Crippen LogP) is 4.74. The number of nitriles is 1. The topological polar surface area (TPSA) is 56.6 Å². The molecule has 0 saturated carbocycles. The Labute approximate surface area is 210 Å². The van der Waals surface area contributed by atoms with Gasteiger partial charge in [0.05, 0.1) is 34.2 Å². The van der Waals surface area contributed by atoms with Gasteiger partial charge in [0.25, 0.3) is 4.74 Å². The minimum Gasteiger partial charge on any atom is -0.378 e. The van der Waals surface area contributed by atoms with Crippen LogP contribution in [0.15, 0.2) is 29.4 Å². The number of ether oxygens (including phenoxy) is 1. The maximum atomic E-state index is 12.3. The molecule has 1 aromatic rings. The van der Waals surface area contributed by atoms with Crippen LogP contribution in [-0.2, 0) is 32.4 Å². The van der Waals surface area contributed by atoms with E-state index in [1.165, 1.54) is 36.9 Å². The van der Waals surface area contributed by atoms with Gasteiger partial charge in [-0.1, -0.05) is 57.8 Å². The first-order valence-corrected chi connectivity index (χ1v) is 13.2. The van der Waals surface area contributed by atoms with Crippen molar-refractivity contribution in [1.82, 2.24) is 4.90 Å². The molecule has 1 fully saturated rings. The summed E-state index contributed by atoms with van der Waals surface area (Å²) in [5.41, 5.74) is 1.84. The van der Waals surface area contributed by atoms with Crippen LogP contribution in [0.5, 0.6) is 0 Å². The van der Waals surface area contributed by atoms with Gasteiger partial charge in [0.2, 0.25) is 0 Å². The van der Waals surface area contributed by atoms with Crippen LogP contribution in [-0.4, -0.2) is 41.9 Å². The molecule has 5 nitrogen and oxygen atoms in total. The van der Waals surface area contributed by atoms with Crippen LogP contribution in [0.25, 0.3) is 0 Å². The molecule has 3 aliphatic heterocycles.